The monoisotopic (exact) mass is 309 g/mol. The molecule has 2 N–H and O–H groups in total. The fraction of sp³-hybridized carbons (Fsp3) is 0.824. The highest BCUT2D eigenvalue weighted by Gasteiger charge is 2.37. The van der Waals surface area contributed by atoms with Crippen LogP contribution in [0.15, 0.2) is 5.38 Å². The Bertz CT molecular complexity index is 467. The van der Waals surface area contributed by atoms with Gasteiger partial charge >= 0.3 is 0 Å². The van der Waals surface area contributed by atoms with Crippen molar-refractivity contribution in [2.45, 2.75) is 83.8 Å². The van der Waals surface area contributed by atoms with Crippen LogP contribution >= 0.6 is 11.3 Å². The second-order valence-corrected chi connectivity index (χ2v) is 9.15. The molecular formula is C17H31N3S. The van der Waals surface area contributed by atoms with Gasteiger partial charge in [0.2, 0.25) is 0 Å². The first-order valence-electron chi connectivity index (χ1n) is 8.09. The summed E-state index contributed by atoms with van der Waals surface area (Å²) in [5, 5.41) is 3.44. The first-order chi connectivity index (χ1) is 9.60. The molecule has 1 aliphatic heterocycles. The van der Waals surface area contributed by atoms with Crippen LogP contribution in [0, 0.1) is 0 Å². The van der Waals surface area contributed by atoms with E-state index < -0.39 is 0 Å². The fourth-order valence-electron chi connectivity index (χ4n) is 3.09. The average molecular weight is 310 g/mol. The summed E-state index contributed by atoms with van der Waals surface area (Å²) in [6.07, 6.45) is 3.55. The lowest BCUT2D eigenvalue weighted by atomic mass is 9.95. The zero-order valence-corrected chi connectivity index (χ0v) is 15.3. The minimum Gasteiger partial charge on any atom is -0.326 e. The van der Waals surface area contributed by atoms with Gasteiger partial charge in [0, 0.05) is 22.4 Å². The Morgan fingerprint density at radius 3 is 2.38 bits per heavy atom. The minimum atomic E-state index is 0.115. The van der Waals surface area contributed by atoms with Crippen LogP contribution < -0.4 is 5.73 Å². The fourth-order valence-corrected chi connectivity index (χ4v) is 4.02. The number of hydrogen-bond acceptors (Lipinski definition) is 4. The quantitative estimate of drug-likeness (QED) is 0.849. The SMILES string of the molecule is CC(C)(C)c1nc(C2C(N)CCCCN2C(C)(C)C)cs1. The van der Waals surface area contributed by atoms with Gasteiger partial charge in [0.1, 0.15) is 0 Å². The molecule has 1 saturated heterocycles. The van der Waals surface area contributed by atoms with Gasteiger partial charge in [-0.05, 0) is 40.2 Å². The summed E-state index contributed by atoms with van der Waals surface area (Å²) >= 11 is 1.78. The molecule has 0 radical (unpaired) electrons. The third kappa shape index (κ3) is 3.85. The third-order valence-corrected chi connectivity index (χ3v) is 5.54. The van der Waals surface area contributed by atoms with E-state index in [0.29, 0.717) is 0 Å². The van der Waals surface area contributed by atoms with Gasteiger partial charge in [-0.15, -0.1) is 11.3 Å². The molecule has 1 aromatic heterocycles. The highest BCUT2D eigenvalue weighted by molar-refractivity contribution is 7.09. The molecule has 2 unspecified atom stereocenters. The van der Waals surface area contributed by atoms with Gasteiger partial charge in [0.15, 0.2) is 0 Å². The van der Waals surface area contributed by atoms with Crippen molar-refractivity contribution in [1.29, 1.82) is 0 Å². The number of nitrogens with zero attached hydrogens (tertiary/aromatic N) is 2. The molecule has 0 bridgehead atoms. The summed E-state index contributed by atoms with van der Waals surface area (Å²) in [5.41, 5.74) is 7.95. The first-order valence-corrected chi connectivity index (χ1v) is 8.97. The lowest BCUT2D eigenvalue weighted by Gasteiger charge is -2.42. The minimum absolute atomic E-state index is 0.115. The molecule has 3 nitrogen and oxygen atoms in total. The number of likely N-dealkylation sites (tertiary alicyclic amines) is 1. The van der Waals surface area contributed by atoms with Crippen LogP contribution in [0.25, 0.3) is 0 Å². The average Bonchev–Trinajstić information content (AvgIpc) is 2.72. The highest BCUT2D eigenvalue weighted by atomic mass is 32.1. The number of thiazole rings is 1. The molecule has 1 aromatic rings. The van der Waals surface area contributed by atoms with E-state index in [9.17, 15) is 0 Å². The number of rotatable bonds is 1. The lowest BCUT2D eigenvalue weighted by Crippen LogP contribution is -2.49. The Hall–Kier alpha value is -0.450. The molecule has 2 rings (SSSR count). The topological polar surface area (TPSA) is 42.1 Å². The first kappa shape index (κ1) is 16.9. The zero-order valence-electron chi connectivity index (χ0n) is 14.4. The van der Waals surface area contributed by atoms with Gasteiger partial charge < -0.3 is 5.73 Å². The van der Waals surface area contributed by atoms with Gasteiger partial charge in [-0.3, -0.25) is 4.90 Å². The predicted octanol–water partition coefficient (Wildman–Crippen LogP) is 4.09. The molecule has 2 atom stereocenters. The van der Waals surface area contributed by atoms with E-state index in [0.717, 1.165) is 13.0 Å². The Kier molecular flexibility index (Phi) is 4.81. The van der Waals surface area contributed by atoms with Crippen LogP contribution in [0.1, 0.15) is 77.5 Å². The van der Waals surface area contributed by atoms with Crippen LogP contribution in [0.3, 0.4) is 0 Å². The second-order valence-electron chi connectivity index (χ2n) is 8.30. The number of hydrogen-bond donors (Lipinski definition) is 1. The Morgan fingerprint density at radius 1 is 1.19 bits per heavy atom. The van der Waals surface area contributed by atoms with E-state index in [1.807, 2.05) is 0 Å². The van der Waals surface area contributed by atoms with Crippen molar-refractivity contribution in [2.24, 2.45) is 5.73 Å². The highest BCUT2D eigenvalue weighted by Crippen LogP contribution is 2.36. The van der Waals surface area contributed by atoms with Gasteiger partial charge in [-0.1, -0.05) is 27.2 Å². The molecule has 0 aliphatic carbocycles. The van der Waals surface area contributed by atoms with E-state index in [-0.39, 0.29) is 23.0 Å². The van der Waals surface area contributed by atoms with Crippen molar-refractivity contribution in [1.82, 2.24) is 9.88 Å². The van der Waals surface area contributed by atoms with Gasteiger partial charge in [0.05, 0.1) is 16.7 Å². The van der Waals surface area contributed by atoms with Gasteiger partial charge in [0.25, 0.3) is 0 Å². The summed E-state index contributed by atoms with van der Waals surface area (Å²) in [6.45, 7) is 14.7. The summed E-state index contributed by atoms with van der Waals surface area (Å²) in [6, 6.07) is 0.432. The summed E-state index contributed by atoms with van der Waals surface area (Å²) in [7, 11) is 0. The molecule has 0 amide bonds. The van der Waals surface area contributed by atoms with Crippen molar-refractivity contribution in [3.05, 3.63) is 16.1 Å². The predicted molar refractivity (Wildman–Crippen MR) is 91.8 cm³/mol. The van der Waals surface area contributed by atoms with Crippen molar-refractivity contribution in [3.8, 4) is 0 Å². The Labute approximate surface area is 133 Å². The lowest BCUT2D eigenvalue weighted by molar-refractivity contribution is 0.0734. The Balaban J connectivity index is 2.37. The zero-order chi connectivity index (χ0) is 15.8. The number of nitrogens with two attached hydrogens (primary N) is 1. The number of aromatic nitrogens is 1. The molecule has 1 fully saturated rings. The van der Waals surface area contributed by atoms with Gasteiger partial charge in [-0.2, -0.15) is 0 Å². The maximum Gasteiger partial charge on any atom is 0.0982 e. The standard InChI is InChI=1S/C17H31N3S/c1-16(2,3)15-19-13(11-21-15)14-12(18)9-7-8-10-20(14)17(4,5)6/h11-12,14H,7-10,18H2,1-6H3. The van der Waals surface area contributed by atoms with Crippen molar-refractivity contribution < 1.29 is 0 Å². The van der Waals surface area contributed by atoms with Crippen LogP contribution in [0.5, 0.6) is 0 Å². The van der Waals surface area contributed by atoms with Crippen LogP contribution in [0.4, 0.5) is 0 Å². The smallest absolute Gasteiger partial charge is 0.0982 e. The van der Waals surface area contributed by atoms with E-state index in [2.05, 4.69) is 51.8 Å². The maximum absolute atomic E-state index is 6.54. The van der Waals surface area contributed by atoms with Crippen molar-refractivity contribution in [3.63, 3.8) is 0 Å². The molecule has 1 aliphatic rings. The van der Waals surface area contributed by atoms with Crippen LogP contribution in [-0.4, -0.2) is 28.0 Å². The normalized spacial score (nSPS) is 25.9. The summed E-state index contributed by atoms with van der Waals surface area (Å²) in [4.78, 5) is 7.52. The van der Waals surface area contributed by atoms with Crippen LogP contribution in [0.2, 0.25) is 0 Å². The van der Waals surface area contributed by atoms with E-state index in [1.54, 1.807) is 11.3 Å². The molecule has 0 spiro atoms. The molecule has 0 aromatic carbocycles. The molecule has 4 heteroatoms. The summed E-state index contributed by atoms with van der Waals surface area (Å²) in [5.74, 6) is 0. The van der Waals surface area contributed by atoms with Crippen LogP contribution in [-0.2, 0) is 5.41 Å². The molecule has 2 heterocycles. The second kappa shape index (κ2) is 5.98. The van der Waals surface area contributed by atoms with Gasteiger partial charge in [-0.25, -0.2) is 4.98 Å². The summed E-state index contributed by atoms with van der Waals surface area (Å²) < 4.78 is 0. The van der Waals surface area contributed by atoms with E-state index in [1.165, 1.54) is 23.5 Å². The van der Waals surface area contributed by atoms with E-state index >= 15 is 0 Å². The molecule has 21 heavy (non-hydrogen) atoms. The molecule has 120 valence electrons. The molecule has 0 saturated carbocycles. The molecular weight excluding hydrogens is 278 g/mol. The van der Waals surface area contributed by atoms with Crippen molar-refractivity contribution in [2.75, 3.05) is 6.54 Å². The largest absolute Gasteiger partial charge is 0.326 e. The third-order valence-electron chi connectivity index (χ3n) is 4.26. The van der Waals surface area contributed by atoms with E-state index in [4.69, 9.17) is 10.7 Å². The maximum atomic E-state index is 6.54. The Morgan fingerprint density at radius 2 is 1.86 bits per heavy atom. The van der Waals surface area contributed by atoms with Crippen molar-refractivity contribution >= 4 is 11.3 Å².